The van der Waals surface area contributed by atoms with Gasteiger partial charge in [-0.2, -0.15) is 0 Å². The van der Waals surface area contributed by atoms with E-state index in [1.807, 2.05) is 25.2 Å². The van der Waals surface area contributed by atoms with Crippen LogP contribution in [0.5, 0.6) is 0 Å². The Bertz CT molecular complexity index is 378. The van der Waals surface area contributed by atoms with Crippen molar-refractivity contribution < 1.29 is 0 Å². The van der Waals surface area contributed by atoms with Crippen molar-refractivity contribution in [2.45, 2.75) is 20.8 Å². The molecule has 1 heteroatoms. The van der Waals surface area contributed by atoms with E-state index in [-0.39, 0.29) is 0 Å². The predicted octanol–water partition coefficient (Wildman–Crippen LogP) is 3.86. The summed E-state index contributed by atoms with van der Waals surface area (Å²) in [6.45, 7) is 9.94. The highest BCUT2D eigenvalue weighted by Crippen LogP contribution is 2.19. The van der Waals surface area contributed by atoms with E-state index < -0.39 is 0 Å². The number of rotatable bonds is 3. The fourth-order valence-corrected chi connectivity index (χ4v) is 1.40. The third-order valence-electron chi connectivity index (χ3n) is 2.37. The van der Waals surface area contributed by atoms with E-state index in [0.29, 0.717) is 0 Å². The smallest absolute Gasteiger partial charge is 0.0417 e. The lowest BCUT2D eigenvalue weighted by molar-refractivity contribution is 1.32. The van der Waals surface area contributed by atoms with E-state index in [2.05, 4.69) is 31.5 Å². The molecular formula is C13H17N. The first kappa shape index (κ1) is 10.6. The molecule has 0 saturated heterocycles. The van der Waals surface area contributed by atoms with Crippen molar-refractivity contribution >= 4 is 12.2 Å². The van der Waals surface area contributed by atoms with Crippen molar-refractivity contribution in [1.29, 1.82) is 0 Å². The second-order valence-electron chi connectivity index (χ2n) is 3.30. The van der Waals surface area contributed by atoms with Crippen LogP contribution in [0.4, 0.5) is 0 Å². The van der Waals surface area contributed by atoms with Crippen LogP contribution in [0.3, 0.4) is 0 Å². The van der Waals surface area contributed by atoms with Crippen LogP contribution in [0.2, 0.25) is 0 Å². The lowest BCUT2D eigenvalue weighted by atomic mass is 10.1. The largest absolute Gasteiger partial charge is 0.355 e. The molecule has 1 aromatic rings. The summed E-state index contributed by atoms with van der Waals surface area (Å²) in [4.78, 5) is 3.36. The quantitative estimate of drug-likeness (QED) is 0.691. The lowest BCUT2D eigenvalue weighted by Gasteiger charge is -1.90. The number of hydrogen-bond donors (Lipinski definition) is 1. The maximum Gasteiger partial charge on any atom is 0.0417 e. The molecule has 0 bridgehead atoms. The Morgan fingerprint density at radius 3 is 2.14 bits per heavy atom. The van der Waals surface area contributed by atoms with Gasteiger partial charge in [0.2, 0.25) is 0 Å². The zero-order chi connectivity index (χ0) is 10.6. The summed E-state index contributed by atoms with van der Waals surface area (Å²) in [6.07, 6.45) is 9.90. The fraction of sp³-hybridized carbons (Fsp3) is 0.231. The topological polar surface area (TPSA) is 15.8 Å². The highest BCUT2D eigenvalue weighted by atomic mass is 14.7. The van der Waals surface area contributed by atoms with Crippen molar-refractivity contribution in [3.05, 3.63) is 47.3 Å². The minimum Gasteiger partial charge on any atom is -0.355 e. The lowest BCUT2D eigenvalue weighted by Crippen LogP contribution is -1.75. The minimum absolute atomic E-state index is 1.16. The summed E-state index contributed by atoms with van der Waals surface area (Å²) in [5.41, 5.74) is 4.97. The zero-order valence-corrected chi connectivity index (χ0v) is 9.09. The maximum atomic E-state index is 3.66. The molecule has 74 valence electrons. The highest BCUT2D eigenvalue weighted by molar-refractivity contribution is 5.61. The van der Waals surface area contributed by atoms with E-state index in [4.69, 9.17) is 0 Å². The maximum absolute atomic E-state index is 3.66. The normalized spacial score (nSPS) is 11.6. The molecule has 0 aliphatic carbocycles. The van der Waals surface area contributed by atoms with Crippen molar-refractivity contribution in [3.63, 3.8) is 0 Å². The van der Waals surface area contributed by atoms with Crippen LogP contribution >= 0.6 is 0 Å². The molecule has 1 rings (SSSR count). The first-order valence-corrected chi connectivity index (χ1v) is 4.81. The molecule has 0 aromatic carbocycles. The van der Waals surface area contributed by atoms with Crippen LogP contribution in [-0.2, 0) is 0 Å². The third kappa shape index (κ3) is 2.05. The minimum atomic E-state index is 1.16. The van der Waals surface area contributed by atoms with E-state index in [9.17, 15) is 0 Å². The van der Waals surface area contributed by atoms with E-state index in [1.54, 1.807) is 6.08 Å². The second-order valence-corrected chi connectivity index (χ2v) is 3.30. The summed E-state index contributed by atoms with van der Waals surface area (Å²) in [7, 11) is 0. The van der Waals surface area contributed by atoms with Crippen LogP contribution in [-0.4, -0.2) is 4.98 Å². The van der Waals surface area contributed by atoms with Crippen LogP contribution in [0.25, 0.3) is 12.2 Å². The van der Waals surface area contributed by atoms with Gasteiger partial charge in [0.25, 0.3) is 0 Å². The molecule has 0 atom stereocenters. The Morgan fingerprint density at radius 1 is 1.07 bits per heavy atom. The summed E-state index contributed by atoms with van der Waals surface area (Å²) in [5.74, 6) is 0. The number of aromatic nitrogens is 1. The highest BCUT2D eigenvalue weighted by Gasteiger charge is 2.05. The Labute approximate surface area is 85.9 Å². The molecule has 0 aliphatic heterocycles. The average molecular weight is 187 g/mol. The molecule has 1 nitrogen and oxygen atoms in total. The third-order valence-corrected chi connectivity index (χ3v) is 2.37. The molecular weight excluding hydrogens is 170 g/mol. The van der Waals surface area contributed by atoms with Gasteiger partial charge in [-0.05, 0) is 44.1 Å². The monoisotopic (exact) mass is 187 g/mol. The molecule has 1 aromatic heterocycles. The van der Waals surface area contributed by atoms with Crippen molar-refractivity contribution in [2.75, 3.05) is 0 Å². The van der Waals surface area contributed by atoms with Gasteiger partial charge >= 0.3 is 0 Å². The SMILES string of the molecule is C=C/C=C\c1[nH]c(/C=C\C)c(C)c1C. The van der Waals surface area contributed by atoms with Gasteiger partial charge in [-0.15, -0.1) is 0 Å². The number of nitrogens with one attached hydrogen (secondary N) is 1. The molecule has 0 amide bonds. The van der Waals surface area contributed by atoms with Crippen molar-refractivity contribution in [2.24, 2.45) is 0 Å². The average Bonchev–Trinajstić information content (AvgIpc) is 2.44. The van der Waals surface area contributed by atoms with Gasteiger partial charge in [0.15, 0.2) is 0 Å². The second kappa shape index (κ2) is 4.66. The molecule has 0 unspecified atom stereocenters. The Balaban J connectivity index is 3.14. The molecule has 0 saturated carbocycles. The summed E-state index contributed by atoms with van der Waals surface area (Å²) in [5, 5.41) is 0. The predicted molar refractivity (Wildman–Crippen MR) is 64.2 cm³/mol. The van der Waals surface area contributed by atoms with Crippen molar-refractivity contribution in [1.82, 2.24) is 4.98 Å². The Morgan fingerprint density at radius 2 is 1.64 bits per heavy atom. The van der Waals surface area contributed by atoms with Crippen LogP contribution in [0, 0.1) is 13.8 Å². The summed E-state index contributed by atoms with van der Waals surface area (Å²) in [6, 6.07) is 0. The van der Waals surface area contributed by atoms with E-state index in [0.717, 1.165) is 5.69 Å². The standard InChI is InChI=1S/C13H17N/c1-5-7-9-13-11(4)10(3)12(14-13)8-6-2/h5-9,14H,1H2,2-4H3/b8-6-,9-7-. The molecule has 0 spiro atoms. The number of H-pyrrole nitrogens is 1. The van der Waals surface area contributed by atoms with Crippen LogP contribution < -0.4 is 0 Å². The molecule has 1 N–H and O–H groups in total. The van der Waals surface area contributed by atoms with E-state index >= 15 is 0 Å². The van der Waals surface area contributed by atoms with Gasteiger partial charge in [0.05, 0.1) is 0 Å². The van der Waals surface area contributed by atoms with Gasteiger partial charge in [0, 0.05) is 11.4 Å². The molecule has 0 aliphatic rings. The fourth-order valence-electron chi connectivity index (χ4n) is 1.40. The van der Waals surface area contributed by atoms with Gasteiger partial charge in [-0.25, -0.2) is 0 Å². The number of aromatic amines is 1. The van der Waals surface area contributed by atoms with Crippen molar-refractivity contribution in [3.8, 4) is 0 Å². The summed E-state index contributed by atoms with van der Waals surface area (Å²) < 4.78 is 0. The number of hydrogen-bond acceptors (Lipinski definition) is 0. The zero-order valence-electron chi connectivity index (χ0n) is 9.09. The van der Waals surface area contributed by atoms with Gasteiger partial charge in [0.1, 0.15) is 0 Å². The summed E-state index contributed by atoms with van der Waals surface area (Å²) >= 11 is 0. The van der Waals surface area contributed by atoms with E-state index in [1.165, 1.54) is 16.8 Å². The van der Waals surface area contributed by atoms with Crippen LogP contribution in [0.1, 0.15) is 29.4 Å². The van der Waals surface area contributed by atoms with Gasteiger partial charge in [-0.3, -0.25) is 0 Å². The molecule has 14 heavy (non-hydrogen) atoms. The van der Waals surface area contributed by atoms with Crippen LogP contribution in [0.15, 0.2) is 24.8 Å². The first-order chi connectivity index (χ1) is 6.70. The van der Waals surface area contributed by atoms with Gasteiger partial charge in [-0.1, -0.05) is 24.8 Å². The number of allylic oxidation sites excluding steroid dienone is 3. The first-order valence-electron chi connectivity index (χ1n) is 4.81. The molecule has 0 radical (unpaired) electrons. The van der Waals surface area contributed by atoms with Gasteiger partial charge < -0.3 is 4.98 Å². The molecule has 1 heterocycles. The molecule has 0 fully saturated rings. The Kier molecular flexibility index (Phi) is 3.52. The Hall–Kier alpha value is -1.50.